The van der Waals surface area contributed by atoms with Crippen LogP contribution in [0.5, 0.6) is 5.75 Å². The maximum atomic E-state index is 14.0. The van der Waals surface area contributed by atoms with E-state index in [9.17, 15) is 14.3 Å². The molecule has 1 aliphatic heterocycles. The van der Waals surface area contributed by atoms with E-state index >= 15 is 0 Å². The lowest BCUT2D eigenvalue weighted by atomic mass is 10.1. The highest BCUT2D eigenvalue weighted by atomic mass is 19.1. The lowest BCUT2D eigenvalue weighted by Gasteiger charge is -2.24. The maximum absolute atomic E-state index is 14.0. The molecule has 1 atom stereocenters. The summed E-state index contributed by atoms with van der Waals surface area (Å²) in [5.74, 6) is -0.680. The normalized spacial score (nSPS) is 18.2. The molecule has 0 bridgehead atoms. The maximum Gasteiger partial charge on any atom is 0.326 e. The van der Waals surface area contributed by atoms with Crippen LogP contribution in [0.3, 0.4) is 0 Å². The number of hydrogen-bond donors (Lipinski definition) is 1. The number of methoxy groups -OCH3 is 1. The highest BCUT2D eigenvalue weighted by molar-refractivity contribution is 5.95. The van der Waals surface area contributed by atoms with Gasteiger partial charge in [0.2, 0.25) is 0 Å². The van der Waals surface area contributed by atoms with E-state index in [2.05, 4.69) is 4.98 Å². The Kier molecular flexibility index (Phi) is 3.37. The number of ether oxygens (including phenoxy) is 1. The molecule has 21 heavy (non-hydrogen) atoms. The van der Waals surface area contributed by atoms with E-state index in [-0.39, 0.29) is 5.75 Å². The monoisotopic (exact) mass is 290 g/mol. The van der Waals surface area contributed by atoms with Crippen molar-refractivity contribution in [2.45, 2.75) is 18.9 Å². The summed E-state index contributed by atoms with van der Waals surface area (Å²) < 4.78 is 18.9. The molecule has 110 valence electrons. The minimum absolute atomic E-state index is 0.163. The molecule has 1 saturated heterocycles. The van der Waals surface area contributed by atoms with E-state index in [1.54, 1.807) is 23.2 Å². The number of carboxylic acid groups (broad SMARTS) is 1. The summed E-state index contributed by atoms with van der Waals surface area (Å²) in [6.45, 7) is 0.608. The Morgan fingerprint density at radius 3 is 3.05 bits per heavy atom. The molecule has 5 nitrogen and oxygen atoms in total. The molecule has 1 N–H and O–H groups in total. The van der Waals surface area contributed by atoms with Crippen LogP contribution in [0.2, 0.25) is 0 Å². The number of fused-ring (bicyclic) bond motifs is 1. The van der Waals surface area contributed by atoms with Crippen LogP contribution in [0.25, 0.3) is 10.8 Å². The zero-order chi connectivity index (χ0) is 15.0. The number of benzene rings is 1. The van der Waals surface area contributed by atoms with Crippen LogP contribution >= 0.6 is 0 Å². The second-order valence-electron chi connectivity index (χ2n) is 5.03. The predicted octanol–water partition coefficient (Wildman–Crippen LogP) is 2.44. The molecule has 1 aromatic carbocycles. The van der Waals surface area contributed by atoms with Gasteiger partial charge in [0.05, 0.1) is 7.11 Å². The summed E-state index contributed by atoms with van der Waals surface area (Å²) in [7, 11) is 1.41. The van der Waals surface area contributed by atoms with Crippen molar-refractivity contribution in [1.29, 1.82) is 0 Å². The Morgan fingerprint density at radius 2 is 2.33 bits per heavy atom. The van der Waals surface area contributed by atoms with E-state index in [4.69, 9.17) is 4.74 Å². The van der Waals surface area contributed by atoms with Crippen LogP contribution in [0.4, 0.5) is 10.2 Å². The molecule has 3 rings (SSSR count). The van der Waals surface area contributed by atoms with E-state index < -0.39 is 17.8 Å². The summed E-state index contributed by atoms with van der Waals surface area (Å²) in [6, 6.07) is 4.11. The van der Waals surface area contributed by atoms with Crippen LogP contribution < -0.4 is 9.64 Å². The lowest BCUT2D eigenvalue weighted by Crippen LogP contribution is -2.36. The summed E-state index contributed by atoms with van der Waals surface area (Å²) in [5, 5.41) is 10.7. The number of halogens is 1. The van der Waals surface area contributed by atoms with Crippen molar-refractivity contribution in [1.82, 2.24) is 4.98 Å². The molecule has 6 heteroatoms. The average molecular weight is 290 g/mol. The summed E-state index contributed by atoms with van der Waals surface area (Å²) >= 11 is 0. The van der Waals surface area contributed by atoms with Crippen molar-refractivity contribution in [3.63, 3.8) is 0 Å². The first kappa shape index (κ1) is 13.6. The molecule has 2 aromatic rings. The van der Waals surface area contributed by atoms with E-state index in [1.165, 1.54) is 13.2 Å². The van der Waals surface area contributed by atoms with Crippen LogP contribution in [0.15, 0.2) is 24.4 Å². The highest BCUT2D eigenvalue weighted by Gasteiger charge is 2.32. The standard InChI is InChI=1S/C15H15FN2O3/c1-21-13-7-9-4-5-17-14(10(9)8-11(13)16)18-6-2-3-12(18)15(19)20/h4-5,7-8,12H,2-3,6H2,1H3,(H,19,20). The number of hydrogen-bond acceptors (Lipinski definition) is 4. The Hall–Kier alpha value is -2.37. The molecule has 1 aliphatic rings. The average Bonchev–Trinajstić information content (AvgIpc) is 2.95. The number of carboxylic acids is 1. The molecule has 1 unspecified atom stereocenters. The largest absolute Gasteiger partial charge is 0.494 e. The Bertz CT molecular complexity index is 705. The third-order valence-corrected chi connectivity index (χ3v) is 3.83. The Labute approximate surface area is 121 Å². The van der Waals surface area contributed by atoms with Gasteiger partial charge in [0.25, 0.3) is 0 Å². The van der Waals surface area contributed by atoms with E-state index in [1.807, 2.05) is 0 Å². The Morgan fingerprint density at radius 1 is 1.52 bits per heavy atom. The molecule has 2 heterocycles. The van der Waals surface area contributed by atoms with Crippen molar-refractivity contribution in [2.75, 3.05) is 18.6 Å². The predicted molar refractivity (Wildman–Crippen MR) is 76.3 cm³/mol. The van der Waals surface area contributed by atoms with Crippen molar-refractivity contribution in [3.8, 4) is 5.75 Å². The zero-order valence-corrected chi connectivity index (χ0v) is 11.5. The van der Waals surface area contributed by atoms with Gasteiger partial charge in [-0.15, -0.1) is 0 Å². The van der Waals surface area contributed by atoms with E-state index in [0.717, 1.165) is 11.8 Å². The molecular weight excluding hydrogens is 275 g/mol. The minimum atomic E-state index is -0.875. The molecule has 0 spiro atoms. The quantitative estimate of drug-likeness (QED) is 0.940. The minimum Gasteiger partial charge on any atom is -0.494 e. The number of aromatic nitrogens is 1. The van der Waals surface area contributed by atoms with Gasteiger partial charge in [0.15, 0.2) is 11.6 Å². The van der Waals surface area contributed by atoms with Gasteiger partial charge in [0.1, 0.15) is 11.9 Å². The van der Waals surface area contributed by atoms with Crippen molar-refractivity contribution < 1.29 is 19.0 Å². The number of nitrogens with zero attached hydrogens (tertiary/aromatic N) is 2. The molecule has 1 aromatic heterocycles. The topological polar surface area (TPSA) is 62.7 Å². The highest BCUT2D eigenvalue weighted by Crippen LogP contribution is 2.33. The lowest BCUT2D eigenvalue weighted by molar-refractivity contribution is -0.138. The van der Waals surface area contributed by atoms with Crippen LogP contribution in [-0.2, 0) is 4.79 Å². The van der Waals surface area contributed by atoms with Crippen LogP contribution in [-0.4, -0.2) is 35.8 Å². The summed E-state index contributed by atoms with van der Waals surface area (Å²) in [5.41, 5.74) is 0. The third-order valence-electron chi connectivity index (χ3n) is 3.83. The van der Waals surface area contributed by atoms with E-state index in [0.29, 0.717) is 24.2 Å². The fraction of sp³-hybridized carbons (Fsp3) is 0.333. The first-order chi connectivity index (χ1) is 10.1. The number of carbonyl (C=O) groups is 1. The van der Waals surface area contributed by atoms with Crippen molar-refractivity contribution in [2.24, 2.45) is 0 Å². The summed E-state index contributed by atoms with van der Waals surface area (Å²) in [4.78, 5) is 17.3. The fourth-order valence-electron chi connectivity index (χ4n) is 2.82. The van der Waals surface area contributed by atoms with Crippen molar-refractivity contribution >= 4 is 22.6 Å². The second-order valence-corrected chi connectivity index (χ2v) is 5.03. The van der Waals surface area contributed by atoms with Gasteiger partial charge in [-0.3, -0.25) is 0 Å². The number of pyridine rings is 1. The SMILES string of the molecule is COc1cc2ccnc(N3CCCC3C(=O)O)c2cc1F. The smallest absolute Gasteiger partial charge is 0.326 e. The third kappa shape index (κ3) is 2.26. The molecule has 0 aliphatic carbocycles. The van der Waals surface area contributed by atoms with Gasteiger partial charge < -0.3 is 14.7 Å². The first-order valence-electron chi connectivity index (χ1n) is 6.73. The first-order valence-corrected chi connectivity index (χ1v) is 6.73. The van der Waals surface area contributed by atoms with Crippen LogP contribution in [0, 0.1) is 5.82 Å². The number of rotatable bonds is 3. The van der Waals surface area contributed by atoms with Gasteiger partial charge in [-0.2, -0.15) is 0 Å². The fourth-order valence-corrected chi connectivity index (χ4v) is 2.82. The van der Waals surface area contributed by atoms with Gasteiger partial charge in [-0.25, -0.2) is 14.2 Å². The molecule has 0 radical (unpaired) electrons. The van der Waals surface area contributed by atoms with Gasteiger partial charge in [-0.1, -0.05) is 0 Å². The van der Waals surface area contributed by atoms with Crippen LogP contribution in [0.1, 0.15) is 12.8 Å². The number of aliphatic carboxylic acids is 1. The van der Waals surface area contributed by atoms with Gasteiger partial charge >= 0.3 is 5.97 Å². The molecular formula is C15H15FN2O3. The zero-order valence-electron chi connectivity index (χ0n) is 11.5. The summed E-state index contributed by atoms with van der Waals surface area (Å²) in [6.07, 6.45) is 2.96. The second kappa shape index (κ2) is 5.20. The number of anilines is 1. The molecule has 1 fully saturated rings. The Balaban J connectivity index is 2.14. The molecule has 0 saturated carbocycles. The molecule has 0 amide bonds. The van der Waals surface area contributed by atoms with Crippen molar-refractivity contribution in [3.05, 3.63) is 30.2 Å². The van der Waals surface area contributed by atoms with Gasteiger partial charge in [-0.05, 0) is 36.4 Å². The van der Waals surface area contributed by atoms with Gasteiger partial charge in [0, 0.05) is 18.1 Å².